The molecule has 7 nitrogen and oxygen atoms in total. The number of nitrogens with zero attached hydrogens (tertiary/aromatic N) is 3. The summed E-state index contributed by atoms with van der Waals surface area (Å²) in [5.41, 5.74) is 10.9. The molecule has 1 unspecified atom stereocenters. The highest BCUT2D eigenvalue weighted by molar-refractivity contribution is 6.30. The first-order chi connectivity index (χ1) is 16.4. The second kappa shape index (κ2) is 9.21. The van der Waals surface area contributed by atoms with Crippen molar-refractivity contribution in [2.45, 2.75) is 24.5 Å². The number of nitrogens with two attached hydrogens (primary N) is 1. The third-order valence-electron chi connectivity index (χ3n) is 6.29. The predicted octanol–water partition coefficient (Wildman–Crippen LogP) is 3.90. The maximum atomic E-state index is 14.1. The molecule has 3 heterocycles. The van der Waals surface area contributed by atoms with Crippen LogP contribution in [0.5, 0.6) is 0 Å². The van der Waals surface area contributed by atoms with Crippen LogP contribution in [0.3, 0.4) is 0 Å². The van der Waals surface area contributed by atoms with Crippen LogP contribution < -0.4 is 21.7 Å². The number of nitrogens with one attached hydrogen (secondary N) is 3. The Hall–Kier alpha value is -3.20. The monoisotopic (exact) mass is 479 g/mol. The van der Waals surface area contributed by atoms with Crippen LogP contribution in [0.2, 0.25) is 5.02 Å². The molecule has 1 fully saturated rings. The molecule has 0 spiro atoms. The molecule has 1 atom stereocenters. The van der Waals surface area contributed by atoms with Crippen LogP contribution in [0.25, 0.3) is 5.57 Å². The zero-order valence-corrected chi connectivity index (χ0v) is 19.6. The van der Waals surface area contributed by atoms with Gasteiger partial charge in [-0.15, -0.1) is 0 Å². The molecule has 1 aromatic heterocycles. The van der Waals surface area contributed by atoms with Gasteiger partial charge in [0.15, 0.2) is 0 Å². The highest BCUT2D eigenvalue weighted by atomic mass is 35.5. The summed E-state index contributed by atoms with van der Waals surface area (Å²) >= 11 is 6.09. The molecule has 5 N–H and O–H groups in total. The molecule has 3 aromatic rings. The molecule has 2 aliphatic rings. The lowest BCUT2D eigenvalue weighted by Gasteiger charge is -2.34. The summed E-state index contributed by atoms with van der Waals surface area (Å²) < 4.78 is 15.8. The minimum absolute atomic E-state index is 0.252. The summed E-state index contributed by atoms with van der Waals surface area (Å²) in [5.74, 6) is -0.654. The molecule has 176 valence electrons. The summed E-state index contributed by atoms with van der Waals surface area (Å²) in [6, 6.07) is 12.6. The highest BCUT2D eigenvalue weighted by Gasteiger charge is 2.32. The molecule has 0 bridgehead atoms. The third kappa shape index (κ3) is 4.70. The van der Waals surface area contributed by atoms with Crippen LogP contribution in [-0.2, 0) is 12.8 Å². The topological polar surface area (TPSA) is 92.3 Å². The van der Waals surface area contributed by atoms with Crippen molar-refractivity contribution in [2.24, 2.45) is 17.8 Å². The zero-order valence-electron chi connectivity index (χ0n) is 18.9. The van der Waals surface area contributed by atoms with E-state index in [0.717, 1.165) is 42.8 Å². The number of aliphatic imine (C=N–C) groups is 1. The van der Waals surface area contributed by atoms with Gasteiger partial charge in [0.1, 0.15) is 11.6 Å². The summed E-state index contributed by atoms with van der Waals surface area (Å²) in [5, 5.41) is 14.6. The van der Waals surface area contributed by atoms with E-state index in [-0.39, 0.29) is 5.02 Å². The van der Waals surface area contributed by atoms with Crippen molar-refractivity contribution >= 4 is 29.1 Å². The molecule has 0 aliphatic carbocycles. The Labute approximate surface area is 202 Å². The lowest BCUT2D eigenvalue weighted by Crippen LogP contribution is -2.51. The van der Waals surface area contributed by atoms with Crippen LogP contribution in [0.1, 0.15) is 35.4 Å². The minimum Gasteiger partial charge on any atom is -0.341 e. The summed E-state index contributed by atoms with van der Waals surface area (Å²) in [4.78, 5) is 4.52. The van der Waals surface area contributed by atoms with E-state index in [4.69, 9.17) is 17.3 Å². The van der Waals surface area contributed by atoms with E-state index in [9.17, 15) is 4.39 Å². The van der Waals surface area contributed by atoms with Gasteiger partial charge in [0.25, 0.3) is 0 Å². The Bertz CT molecular complexity index is 1220. The minimum atomic E-state index is -1.39. The smallest absolute Gasteiger partial charge is 0.210 e. The first kappa shape index (κ1) is 22.6. The largest absolute Gasteiger partial charge is 0.341 e. The molecule has 0 radical (unpaired) electrons. The molecule has 5 rings (SSSR count). The normalized spacial score (nSPS) is 20.9. The van der Waals surface area contributed by atoms with Gasteiger partial charge in [-0.05, 0) is 67.7 Å². The first-order valence-electron chi connectivity index (χ1n) is 11.3. The third-order valence-corrected chi connectivity index (χ3v) is 6.51. The van der Waals surface area contributed by atoms with E-state index in [1.54, 1.807) is 23.2 Å². The van der Waals surface area contributed by atoms with E-state index < -0.39 is 11.6 Å². The average Bonchev–Trinajstić information content (AvgIpc) is 3.25. The molecule has 1 saturated heterocycles. The molecule has 2 aliphatic heterocycles. The number of benzene rings is 2. The predicted molar refractivity (Wildman–Crippen MR) is 134 cm³/mol. The molecule has 2 aromatic carbocycles. The molecule has 0 amide bonds. The van der Waals surface area contributed by atoms with E-state index in [1.165, 1.54) is 17.7 Å². The first-order valence-corrected chi connectivity index (χ1v) is 11.7. The van der Waals surface area contributed by atoms with Crippen molar-refractivity contribution in [1.82, 2.24) is 20.4 Å². The van der Waals surface area contributed by atoms with Gasteiger partial charge in [-0.25, -0.2) is 9.38 Å². The van der Waals surface area contributed by atoms with Crippen molar-refractivity contribution in [2.75, 3.05) is 18.4 Å². The number of aryl methyl sites for hydroxylation is 1. The van der Waals surface area contributed by atoms with Gasteiger partial charge in [0.05, 0.1) is 6.20 Å². The van der Waals surface area contributed by atoms with Gasteiger partial charge in [-0.2, -0.15) is 5.10 Å². The lowest BCUT2D eigenvalue weighted by molar-refractivity contribution is 0.398. The van der Waals surface area contributed by atoms with Crippen molar-refractivity contribution in [3.8, 4) is 0 Å². The van der Waals surface area contributed by atoms with Crippen molar-refractivity contribution in [1.29, 1.82) is 0 Å². The average molecular weight is 480 g/mol. The Morgan fingerprint density at radius 1 is 1.18 bits per heavy atom. The molecular weight excluding hydrogens is 453 g/mol. The number of hydrogen-bond donors (Lipinski definition) is 4. The van der Waals surface area contributed by atoms with Gasteiger partial charge in [-0.3, -0.25) is 10.4 Å². The van der Waals surface area contributed by atoms with Crippen molar-refractivity contribution in [3.63, 3.8) is 0 Å². The summed E-state index contributed by atoms with van der Waals surface area (Å²) in [6.07, 6.45) is 7.62. The van der Waals surface area contributed by atoms with Gasteiger partial charge < -0.3 is 16.0 Å². The van der Waals surface area contributed by atoms with E-state index in [2.05, 4.69) is 50.3 Å². The Morgan fingerprint density at radius 2 is 1.94 bits per heavy atom. The fourth-order valence-corrected chi connectivity index (χ4v) is 4.68. The Kier molecular flexibility index (Phi) is 6.12. The van der Waals surface area contributed by atoms with E-state index >= 15 is 0 Å². The lowest BCUT2D eigenvalue weighted by atomic mass is 9.90. The van der Waals surface area contributed by atoms with Crippen molar-refractivity contribution < 1.29 is 4.39 Å². The maximum absolute atomic E-state index is 14.1. The number of rotatable bonds is 5. The number of allylic oxidation sites excluding steroid dienone is 1. The van der Waals surface area contributed by atoms with Crippen LogP contribution in [0, 0.1) is 5.82 Å². The summed E-state index contributed by atoms with van der Waals surface area (Å²) in [6.45, 7) is 2.11. The Morgan fingerprint density at radius 3 is 2.62 bits per heavy atom. The van der Waals surface area contributed by atoms with Gasteiger partial charge >= 0.3 is 0 Å². The number of aromatic nitrogens is 2. The van der Waals surface area contributed by atoms with Crippen LogP contribution in [0.4, 0.5) is 10.1 Å². The molecule has 0 saturated carbocycles. The quantitative estimate of drug-likeness (QED) is 0.445. The van der Waals surface area contributed by atoms with Crippen LogP contribution in [-0.4, -0.2) is 29.1 Å². The van der Waals surface area contributed by atoms with Crippen molar-refractivity contribution in [3.05, 3.63) is 88.2 Å². The molecular formula is C25H27ClFN7. The number of piperidine rings is 1. The fraction of sp³-hybridized carbons (Fsp3) is 0.280. The molecule has 9 heteroatoms. The number of hydrogen-bond acceptors (Lipinski definition) is 6. The van der Waals surface area contributed by atoms with Crippen LogP contribution in [0.15, 0.2) is 65.7 Å². The standard InChI is InChI=1S/C25H27ClFN7/c1-34-15-18(13-31-34)23-14-30-25(28,19-10-20(26)12-21(27)11-19)33-24(23)32-22-4-2-16(3-5-22)17-6-8-29-9-7-17/h2-5,10-15,17,29,32-33H,6-9,28H2,1H3. The van der Waals surface area contributed by atoms with Crippen LogP contribution >= 0.6 is 11.6 Å². The second-order valence-corrected chi connectivity index (χ2v) is 9.21. The van der Waals surface area contributed by atoms with Gasteiger partial charge in [0, 0.05) is 46.9 Å². The maximum Gasteiger partial charge on any atom is 0.210 e. The Balaban J connectivity index is 1.46. The summed E-state index contributed by atoms with van der Waals surface area (Å²) in [7, 11) is 1.85. The second-order valence-electron chi connectivity index (χ2n) is 8.77. The SMILES string of the molecule is Cn1cc(C2=C(Nc3ccc(C4CCNCC4)cc3)NC(N)(c3cc(F)cc(Cl)c3)N=C2)cn1. The highest BCUT2D eigenvalue weighted by Crippen LogP contribution is 2.31. The van der Waals surface area contributed by atoms with Gasteiger partial charge in [-0.1, -0.05) is 23.7 Å². The van der Waals surface area contributed by atoms with E-state index in [0.29, 0.717) is 17.3 Å². The fourth-order valence-electron chi connectivity index (χ4n) is 4.46. The number of halogens is 2. The molecule has 34 heavy (non-hydrogen) atoms. The zero-order chi connectivity index (χ0) is 23.7. The van der Waals surface area contributed by atoms with Gasteiger partial charge in [0.2, 0.25) is 5.79 Å². The number of anilines is 1. The van der Waals surface area contributed by atoms with E-state index in [1.807, 2.05) is 13.2 Å².